The number of nitrogens with one attached hydrogen (secondary N) is 1. The van der Waals surface area contributed by atoms with Crippen LogP contribution in [0.3, 0.4) is 0 Å². The molecule has 1 fully saturated rings. The highest BCUT2D eigenvalue weighted by Gasteiger charge is 2.32. The zero-order valence-corrected chi connectivity index (χ0v) is 11.2. The van der Waals surface area contributed by atoms with Crippen molar-refractivity contribution >= 4 is 5.97 Å². The van der Waals surface area contributed by atoms with E-state index in [0.717, 1.165) is 12.1 Å². The zero-order chi connectivity index (χ0) is 13.8. The van der Waals surface area contributed by atoms with E-state index >= 15 is 0 Å². The monoisotopic (exact) mass is 265 g/mol. The van der Waals surface area contributed by atoms with Gasteiger partial charge in [0.1, 0.15) is 0 Å². The van der Waals surface area contributed by atoms with Crippen LogP contribution in [0.15, 0.2) is 18.2 Å². The summed E-state index contributed by atoms with van der Waals surface area (Å²) in [4.78, 5) is 11.1. The summed E-state index contributed by atoms with van der Waals surface area (Å²) in [6, 6.07) is 5.67. The highest BCUT2D eigenvalue weighted by molar-refractivity contribution is 5.71. The Morgan fingerprint density at radius 3 is 2.74 bits per heavy atom. The predicted molar refractivity (Wildman–Crippen MR) is 70.8 cm³/mol. The van der Waals surface area contributed by atoms with Gasteiger partial charge >= 0.3 is 5.97 Å². The number of aliphatic carboxylic acids is 1. The van der Waals surface area contributed by atoms with Crippen molar-refractivity contribution in [2.45, 2.75) is 18.9 Å². The van der Waals surface area contributed by atoms with Crippen LogP contribution in [0.1, 0.15) is 12.0 Å². The maximum Gasteiger partial charge on any atom is 0.308 e. The lowest BCUT2D eigenvalue weighted by molar-refractivity contribution is -0.141. The third-order valence-corrected chi connectivity index (χ3v) is 3.57. The number of hydrogen-bond donors (Lipinski definition) is 2. The van der Waals surface area contributed by atoms with Crippen molar-refractivity contribution in [3.05, 3.63) is 23.8 Å². The average molecular weight is 265 g/mol. The number of benzene rings is 1. The van der Waals surface area contributed by atoms with Crippen LogP contribution < -0.4 is 14.8 Å². The minimum atomic E-state index is -0.726. The van der Waals surface area contributed by atoms with Crippen LogP contribution in [0.5, 0.6) is 11.5 Å². The molecule has 19 heavy (non-hydrogen) atoms. The number of methoxy groups -OCH3 is 2. The lowest BCUT2D eigenvalue weighted by Gasteiger charge is -2.17. The summed E-state index contributed by atoms with van der Waals surface area (Å²) >= 11 is 0. The molecule has 1 saturated heterocycles. The van der Waals surface area contributed by atoms with E-state index in [2.05, 4.69) is 5.32 Å². The number of hydrogen-bond acceptors (Lipinski definition) is 4. The predicted octanol–water partition coefficient (Wildman–Crippen LogP) is 1.31. The van der Waals surface area contributed by atoms with Crippen molar-refractivity contribution in [1.82, 2.24) is 5.32 Å². The van der Waals surface area contributed by atoms with Crippen molar-refractivity contribution in [3.63, 3.8) is 0 Å². The second-order valence-corrected chi connectivity index (χ2v) is 4.69. The number of rotatable bonds is 5. The standard InChI is InChI=1S/C14H19NO4/c1-18-12-4-3-9(8-13(12)19-2)7-11-10(14(16)17)5-6-15-11/h3-4,8,10-11,15H,5-7H2,1-2H3,(H,16,17). The minimum Gasteiger partial charge on any atom is -0.493 e. The van der Waals surface area contributed by atoms with Gasteiger partial charge in [0.15, 0.2) is 11.5 Å². The van der Waals surface area contributed by atoms with Gasteiger partial charge in [-0.3, -0.25) is 4.79 Å². The molecule has 2 N–H and O–H groups in total. The molecule has 2 rings (SSSR count). The molecule has 1 heterocycles. The summed E-state index contributed by atoms with van der Waals surface area (Å²) in [5, 5.41) is 12.4. The summed E-state index contributed by atoms with van der Waals surface area (Å²) in [6.45, 7) is 0.759. The fourth-order valence-electron chi connectivity index (χ4n) is 2.54. The van der Waals surface area contributed by atoms with Crippen LogP contribution >= 0.6 is 0 Å². The largest absolute Gasteiger partial charge is 0.493 e. The van der Waals surface area contributed by atoms with Crippen LogP contribution in [-0.4, -0.2) is 37.9 Å². The van der Waals surface area contributed by atoms with Gasteiger partial charge in [0, 0.05) is 6.04 Å². The van der Waals surface area contributed by atoms with Crippen molar-refractivity contribution in [2.24, 2.45) is 5.92 Å². The number of carbonyl (C=O) groups is 1. The minimum absolute atomic E-state index is 0.0180. The van der Waals surface area contributed by atoms with Crippen LogP contribution in [0.2, 0.25) is 0 Å². The molecule has 1 aliphatic rings. The molecule has 0 aromatic heterocycles. The van der Waals surface area contributed by atoms with Crippen molar-refractivity contribution in [1.29, 1.82) is 0 Å². The highest BCUT2D eigenvalue weighted by Crippen LogP contribution is 2.29. The Morgan fingerprint density at radius 2 is 2.11 bits per heavy atom. The van der Waals surface area contributed by atoms with Gasteiger partial charge in [-0.15, -0.1) is 0 Å². The van der Waals surface area contributed by atoms with Crippen molar-refractivity contribution < 1.29 is 19.4 Å². The van der Waals surface area contributed by atoms with E-state index in [-0.39, 0.29) is 12.0 Å². The smallest absolute Gasteiger partial charge is 0.308 e. The molecule has 5 nitrogen and oxygen atoms in total. The van der Waals surface area contributed by atoms with Gasteiger partial charge in [-0.25, -0.2) is 0 Å². The highest BCUT2D eigenvalue weighted by atomic mass is 16.5. The number of carboxylic acid groups (broad SMARTS) is 1. The fraction of sp³-hybridized carbons (Fsp3) is 0.500. The van der Waals surface area contributed by atoms with E-state index < -0.39 is 5.97 Å². The first kappa shape index (κ1) is 13.7. The first-order valence-electron chi connectivity index (χ1n) is 6.32. The van der Waals surface area contributed by atoms with Gasteiger partial charge in [0.25, 0.3) is 0 Å². The van der Waals surface area contributed by atoms with Crippen molar-refractivity contribution in [3.8, 4) is 11.5 Å². The van der Waals surface area contributed by atoms with Gasteiger partial charge < -0.3 is 19.9 Å². The van der Waals surface area contributed by atoms with Gasteiger partial charge in [-0.2, -0.15) is 0 Å². The summed E-state index contributed by atoms with van der Waals surface area (Å²) in [7, 11) is 3.19. The molecule has 1 aliphatic heterocycles. The zero-order valence-electron chi connectivity index (χ0n) is 11.2. The molecule has 1 aromatic carbocycles. The second kappa shape index (κ2) is 5.93. The van der Waals surface area contributed by atoms with Crippen LogP contribution in [0, 0.1) is 5.92 Å². The van der Waals surface area contributed by atoms with Gasteiger partial charge in [0.2, 0.25) is 0 Å². The first-order valence-corrected chi connectivity index (χ1v) is 6.32. The van der Waals surface area contributed by atoms with Crippen LogP contribution in [-0.2, 0) is 11.2 Å². The Hall–Kier alpha value is -1.75. The summed E-state index contributed by atoms with van der Waals surface area (Å²) in [5.74, 6) is 0.314. The molecule has 0 radical (unpaired) electrons. The van der Waals surface area contributed by atoms with Crippen LogP contribution in [0.4, 0.5) is 0 Å². The summed E-state index contributed by atoms with van der Waals surface area (Å²) in [6.07, 6.45) is 1.37. The Bertz CT molecular complexity index is 461. The Kier molecular flexibility index (Phi) is 4.27. The molecule has 0 amide bonds. The van der Waals surface area contributed by atoms with E-state index in [9.17, 15) is 4.79 Å². The van der Waals surface area contributed by atoms with E-state index in [0.29, 0.717) is 24.3 Å². The fourth-order valence-corrected chi connectivity index (χ4v) is 2.54. The van der Waals surface area contributed by atoms with E-state index in [1.807, 2.05) is 18.2 Å². The maximum atomic E-state index is 11.1. The Labute approximate surface area is 112 Å². The van der Waals surface area contributed by atoms with E-state index in [4.69, 9.17) is 14.6 Å². The molecular weight excluding hydrogens is 246 g/mol. The molecule has 0 bridgehead atoms. The molecule has 2 unspecified atom stereocenters. The first-order chi connectivity index (χ1) is 9.15. The summed E-state index contributed by atoms with van der Waals surface area (Å²) in [5.41, 5.74) is 1.04. The second-order valence-electron chi connectivity index (χ2n) is 4.69. The molecule has 1 aromatic rings. The lowest BCUT2D eigenvalue weighted by atomic mass is 9.94. The summed E-state index contributed by atoms with van der Waals surface area (Å²) < 4.78 is 10.4. The van der Waals surface area contributed by atoms with Gasteiger partial charge in [-0.05, 0) is 37.1 Å². The lowest BCUT2D eigenvalue weighted by Crippen LogP contribution is -2.33. The topological polar surface area (TPSA) is 67.8 Å². The Balaban J connectivity index is 2.12. The van der Waals surface area contributed by atoms with E-state index in [1.165, 1.54) is 0 Å². The average Bonchev–Trinajstić information content (AvgIpc) is 2.87. The third kappa shape index (κ3) is 2.98. The molecular formula is C14H19NO4. The molecule has 0 saturated carbocycles. The Morgan fingerprint density at radius 1 is 1.37 bits per heavy atom. The maximum absolute atomic E-state index is 11.1. The molecule has 2 atom stereocenters. The van der Waals surface area contributed by atoms with Gasteiger partial charge in [0.05, 0.1) is 20.1 Å². The molecule has 0 spiro atoms. The quantitative estimate of drug-likeness (QED) is 0.840. The van der Waals surface area contributed by atoms with Crippen molar-refractivity contribution in [2.75, 3.05) is 20.8 Å². The molecule has 104 valence electrons. The van der Waals surface area contributed by atoms with Gasteiger partial charge in [-0.1, -0.05) is 6.07 Å². The molecule has 0 aliphatic carbocycles. The van der Waals surface area contributed by atoms with E-state index in [1.54, 1.807) is 14.2 Å². The SMILES string of the molecule is COc1ccc(CC2NCCC2C(=O)O)cc1OC. The number of carboxylic acids is 1. The number of ether oxygens (including phenoxy) is 2. The molecule has 5 heteroatoms. The van der Waals surface area contributed by atoms with Crippen LogP contribution in [0.25, 0.3) is 0 Å². The third-order valence-electron chi connectivity index (χ3n) is 3.57. The normalized spacial score (nSPS) is 22.2.